The fourth-order valence-electron chi connectivity index (χ4n) is 1.26. The smallest absolute Gasteiger partial charge is 0.0941 e. The number of aliphatic hydroxyl groups is 1. The van der Waals surface area contributed by atoms with Gasteiger partial charge in [0.25, 0.3) is 0 Å². The van der Waals surface area contributed by atoms with Crippen LogP contribution >= 0.6 is 38.6 Å². The molecule has 1 nitrogen and oxygen atoms in total. The Morgan fingerprint density at radius 2 is 2.14 bits per heavy atom. The normalized spacial score (nSPS) is 13.0. The summed E-state index contributed by atoms with van der Waals surface area (Å²) in [6, 6.07) is 6.03. The van der Waals surface area contributed by atoms with E-state index >= 15 is 0 Å². The van der Waals surface area contributed by atoms with Crippen molar-refractivity contribution in [2.75, 3.05) is 0 Å². The number of aliphatic hydroxyl groups excluding tert-OH is 1. The van der Waals surface area contributed by atoms with E-state index in [1.165, 1.54) is 4.88 Å². The molecule has 0 aromatic carbocycles. The van der Waals surface area contributed by atoms with Gasteiger partial charge in [0.2, 0.25) is 0 Å². The van der Waals surface area contributed by atoms with Crippen LogP contribution in [-0.2, 0) is 6.42 Å². The Kier molecular flexibility index (Phi) is 3.38. The monoisotopic (exact) mass is 288 g/mol. The lowest BCUT2D eigenvalue weighted by Gasteiger charge is -2.07. The summed E-state index contributed by atoms with van der Waals surface area (Å²) in [7, 11) is 0. The molecule has 0 saturated carbocycles. The first kappa shape index (κ1) is 10.4. The van der Waals surface area contributed by atoms with Crippen molar-refractivity contribution in [1.82, 2.24) is 0 Å². The van der Waals surface area contributed by atoms with E-state index < -0.39 is 0 Å². The highest BCUT2D eigenvalue weighted by molar-refractivity contribution is 9.10. The Morgan fingerprint density at radius 3 is 2.71 bits per heavy atom. The van der Waals surface area contributed by atoms with Gasteiger partial charge in [-0.1, -0.05) is 6.07 Å². The molecular formula is C10H9BrOS2. The summed E-state index contributed by atoms with van der Waals surface area (Å²) in [5.41, 5.74) is 0. The average Bonchev–Trinajstić information content (AvgIpc) is 2.75. The summed E-state index contributed by atoms with van der Waals surface area (Å²) in [5.74, 6) is 0. The van der Waals surface area contributed by atoms with Gasteiger partial charge >= 0.3 is 0 Å². The highest BCUT2D eigenvalue weighted by Crippen LogP contribution is 2.31. The van der Waals surface area contributed by atoms with Crippen molar-refractivity contribution >= 4 is 38.6 Å². The molecule has 0 radical (unpaired) electrons. The van der Waals surface area contributed by atoms with Gasteiger partial charge in [-0.3, -0.25) is 0 Å². The van der Waals surface area contributed by atoms with Crippen molar-refractivity contribution in [2.24, 2.45) is 0 Å². The third kappa shape index (κ3) is 2.25. The standard InChI is InChI=1S/C10H9BrOS2/c11-8-3-5-14-10(8)9(12)6-7-2-1-4-13-7/h1-5,9,12H,6H2. The van der Waals surface area contributed by atoms with Crippen molar-refractivity contribution in [2.45, 2.75) is 12.5 Å². The second-order valence-electron chi connectivity index (χ2n) is 2.93. The Balaban J connectivity index is 2.10. The van der Waals surface area contributed by atoms with E-state index in [4.69, 9.17) is 0 Å². The predicted molar refractivity (Wildman–Crippen MR) is 65.0 cm³/mol. The Hall–Kier alpha value is -0.160. The highest BCUT2D eigenvalue weighted by Gasteiger charge is 2.13. The second-order valence-corrected chi connectivity index (χ2v) is 5.77. The Bertz CT molecular complexity index is 394. The van der Waals surface area contributed by atoms with E-state index in [1.807, 2.05) is 22.9 Å². The lowest BCUT2D eigenvalue weighted by Crippen LogP contribution is -1.98. The van der Waals surface area contributed by atoms with Crippen LogP contribution in [0.15, 0.2) is 33.4 Å². The van der Waals surface area contributed by atoms with Gasteiger partial charge in [-0.25, -0.2) is 0 Å². The van der Waals surface area contributed by atoms with Crippen LogP contribution in [0.2, 0.25) is 0 Å². The molecule has 0 spiro atoms. The molecule has 1 unspecified atom stereocenters. The molecule has 74 valence electrons. The molecule has 1 atom stereocenters. The zero-order valence-electron chi connectivity index (χ0n) is 7.31. The van der Waals surface area contributed by atoms with Gasteiger partial charge in [-0.05, 0) is 38.8 Å². The maximum atomic E-state index is 9.95. The first-order valence-corrected chi connectivity index (χ1v) is 6.76. The highest BCUT2D eigenvalue weighted by atomic mass is 79.9. The minimum Gasteiger partial charge on any atom is -0.387 e. The van der Waals surface area contributed by atoms with E-state index in [9.17, 15) is 5.11 Å². The summed E-state index contributed by atoms with van der Waals surface area (Å²) in [6.45, 7) is 0. The van der Waals surface area contributed by atoms with Gasteiger partial charge in [-0.15, -0.1) is 22.7 Å². The predicted octanol–water partition coefficient (Wildman–Crippen LogP) is 3.85. The SMILES string of the molecule is OC(Cc1cccs1)c1sccc1Br. The molecule has 0 saturated heterocycles. The quantitative estimate of drug-likeness (QED) is 0.910. The molecule has 2 heterocycles. The van der Waals surface area contributed by atoms with Crippen molar-refractivity contribution in [3.05, 3.63) is 43.2 Å². The number of rotatable bonds is 3. The molecule has 0 fully saturated rings. The first-order valence-electron chi connectivity index (χ1n) is 4.20. The van der Waals surface area contributed by atoms with E-state index in [0.717, 1.165) is 9.35 Å². The third-order valence-corrected chi connectivity index (χ3v) is 4.79. The molecule has 4 heteroatoms. The van der Waals surface area contributed by atoms with Gasteiger partial charge in [0.1, 0.15) is 0 Å². The topological polar surface area (TPSA) is 20.2 Å². The number of halogens is 1. The van der Waals surface area contributed by atoms with Crippen LogP contribution in [0.3, 0.4) is 0 Å². The van der Waals surface area contributed by atoms with Crippen LogP contribution in [0.1, 0.15) is 15.9 Å². The van der Waals surface area contributed by atoms with E-state index in [-0.39, 0.29) is 6.10 Å². The van der Waals surface area contributed by atoms with E-state index in [1.54, 1.807) is 22.7 Å². The van der Waals surface area contributed by atoms with Crippen LogP contribution in [0.5, 0.6) is 0 Å². The van der Waals surface area contributed by atoms with Gasteiger partial charge in [0.15, 0.2) is 0 Å². The maximum absolute atomic E-state index is 9.95. The minimum absolute atomic E-state index is 0.386. The molecule has 14 heavy (non-hydrogen) atoms. The molecule has 0 bridgehead atoms. The van der Waals surface area contributed by atoms with E-state index in [0.29, 0.717) is 6.42 Å². The second kappa shape index (κ2) is 4.57. The maximum Gasteiger partial charge on any atom is 0.0941 e. The molecule has 2 aromatic heterocycles. The Morgan fingerprint density at radius 1 is 1.29 bits per heavy atom. The lowest BCUT2D eigenvalue weighted by atomic mass is 10.2. The van der Waals surface area contributed by atoms with Gasteiger partial charge in [0.05, 0.1) is 6.10 Å². The zero-order chi connectivity index (χ0) is 9.97. The number of hydrogen-bond donors (Lipinski definition) is 1. The summed E-state index contributed by atoms with van der Waals surface area (Å²) >= 11 is 6.70. The van der Waals surface area contributed by atoms with Crippen molar-refractivity contribution in [3.63, 3.8) is 0 Å². The van der Waals surface area contributed by atoms with Crippen molar-refractivity contribution in [3.8, 4) is 0 Å². The minimum atomic E-state index is -0.386. The third-order valence-electron chi connectivity index (χ3n) is 1.92. The summed E-state index contributed by atoms with van der Waals surface area (Å²) in [4.78, 5) is 2.23. The number of thiophene rings is 2. The van der Waals surface area contributed by atoms with Crippen LogP contribution in [0.4, 0.5) is 0 Å². The van der Waals surface area contributed by atoms with Gasteiger partial charge in [0, 0.05) is 20.6 Å². The van der Waals surface area contributed by atoms with E-state index in [2.05, 4.69) is 22.0 Å². The fourth-order valence-corrected chi connectivity index (χ4v) is 3.62. The summed E-state index contributed by atoms with van der Waals surface area (Å²) in [5, 5.41) is 14.0. The van der Waals surface area contributed by atoms with Crippen LogP contribution in [0, 0.1) is 0 Å². The van der Waals surface area contributed by atoms with Crippen LogP contribution in [0.25, 0.3) is 0 Å². The van der Waals surface area contributed by atoms with Crippen LogP contribution < -0.4 is 0 Å². The fraction of sp³-hybridized carbons (Fsp3) is 0.200. The molecule has 0 aliphatic heterocycles. The summed E-state index contributed by atoms with van der Waals surface area (Å²) in [6.07, 6.45) is 0.319. The van der Waals surface area contributed by atoms with Gasteiger partial charge in [-0.2, -0.15) is 0 Å². The van der Waals surface area contributed by atoms with Gasteiger partial charge < -0.3 is 5.11 Å². The molecule has 0 aliphatic carbocycles. The van der Waals surface area contributed by atoms with Crippen molar-refractivity contribution in [1.29, 1.82) is 0 Å². The average molecular weight is 289 g/mol. The molecular weight excluding hydrogens is 280 g/mol. The Labute approximate surface area is 99.2 Å². The molecule has 0 amide bonds. The number of hydrogen-bond acceptors (Lipinski definition) is 3. The largest absolute Gasteiger partial charge is 0.387 e. The van der Waals surface area contributed by atoms with Crippen molar-refractivity contribution < 1.29 is 5.11 Å². The first-order chi connectivity index (χ1) is 6.77. The lowest BCUT2D eigenvalue weighted by molar-refractivity contribution is 0.182. The molecule has 0 aliphatic rings. The van der Waals surface area contributed by atoms with Crippen LogP contribution in [-0.4, -0.2) is 5.11 Å². The molecule has 2 rings (SSSR count). The molecule has 2 aromatic rings. The zero-order valence-corrected chi connectivity index (χ0v) is 10.5. The summed E-state index contributed by atoms with van der Waals surface area (Å²) < 4.78 is 1.01. The molecule has 1 N–H and O–H groups in total.